The van der Waals surface area contributed by atoms with E-state index in [2.05, 4.69) is 43.8 Å². The highest BCUT2D eigenvalue weighted by Crippen LogP contribution is 2.25. The number of hydrogen-bond donors (Lipinski definition) is 3. The van der Waals surface area contributed by atoms with E-state index in [1.807, 2.05) is 25.2 Å². The van der Waals surface area contributed by atoms with Gasteiger partial charge in [0.05, 0.1) is 10.2 Å². The van der Waals surface area contributed by atoms with Gasteiger partial charge in [0.1, 0.15) is 0 Å². The predicted octanol–water partition coefficient (Wildman–Crippen LogP) is 2.77. The second kappa shape index (κ2) is 8.40. The van der Waals surface area contributed by atoms with E-state index in [1.165, 1.54) is 23.3 Å². The second-order valence-corrected chi connectivity index (χ2v) is 7.87. The molecule has 23 heavy (non-hydrogen) atoms. The van der Waals surface area contributed by atoms with E-state index in [0.717, 1.165) is 41.5 Å². The molecule has 124 valence electrons. The molecular weight excluding hydrogens is 326 g/mol. The van der Waals surface area contributed by atoms with Crippen LogP contribution < -0.4 is 16.0 Å². The molecule has 1 aliphatic heterocycles. The molecule has 0 radical (unpaired) electrons. The minimum Gasteiger partial charge on any atom is -0.360 e. The molecule has 7 heteroatoms. The Bertz CT molecular complexity index is 616. The smallest absolute Gasteiger partial charge is 0.191 e. The van der Waals surface area contributed by atoms with Crippen LogP contribution in [0.15, 0.2) is 29.3 Å². The van der Waals surface area contributed by atoms with Crippen molar-refractivity contribution in [3.8, 4) is 0 Å². The molecule has 3 N–H and O–H groups in total. The fourth-order valence-corrected chi connectivity index (χ4v) is 4.63. The van der Waals surface area contributed by atoms with Crippen LogP contribution in [0.4, 0.5) is 5.13 Å². The van der Waals surface area contributed by atoms with Crippen molar-refractivity contribution in [1.29, 1.82) is 0 Å². The number of hydrogen-bond acceptors (Lipinski definition) is 5. The first-order chi connectivity index (χ1) is 11.3. The van der Waals surface area contributed by atoms with E-state index in [0.29, 0.717) is 0 Å². The normalized spacial score (nSPS) is 18.3. The first-order valence-electron chi connectivity index (χ1n) is 8.01. The average Bonchev–Trinajstić information content (AvgIpc) is 3.23. The van der Waals surface area contributed by atoms with Crippen molar-refractivity contribution in [2.75, 3.05) is 37.8 Å². The third-order valence-corrected chi connectivity index (χ3v) is 6.12. The van der Waals surface area contributed by atoms with Gasteiger partial charge in [-0.25, -0.2) is 4.98 Å². The Kier molecular flexibility index (Phi) is 5.99. The zero-order valence-corrected chi connectivity index (χ0v) is 15.0. The van der Waals surface area contributed by atoms with E-state index in [1.54, 1.807) is 11.3 Å². The number of para-hydroxylation sites is 1. The van der Waals surface area contributed by atoms with Gasteiger partial charge in [0, 0.05) is 31.9 Å². The quantitative estimate of drug-likeness (QED) is 0.425. The largest absolute Gasteiger partial charge is 0.360 e. The first kappa shape index (κ1) is 16.4. The highest BCUT2D eigenvalue weighted by atomic mass is 32.2. The number of anilines is 1. The number of thioether (sulfide) groups is 1. The van der Waals surface area contributed by atoms with Gasteiger partial charge in [-0.1, -0.05) is 23.5 Å². The second-order valence-electron chi connectivity index (χ2n) is 5.43. The van der Waals surface area contributed by atoms with Gasteiger partial charge in [0.15, 0.2) is 11.1 Å². The molecule has 0 aliphatic carbocycles. The van der Waals surface area contributed by atoms with E-state index >= 15 is 0 Å². The number of aliphatic imine (C=N–C) groups is 1. The minimum absolute atomic E-state index is 0.731. The zero-order chi connectivity index (χ0) is 15.9. The van der Waals surface area contributed by atoms with Gasteiger partial charge in [0.25, 0.3) is 0 Å². The molecule has 1 unspecified atom stereocenters. The SMILES string of the molecule is CN=C(NCCNc1nc2ccccc2s1)NCC1CCCS1. The molecule has 1 aliphatic rings. The number of thiazole rings is 1. The number of nitrogens with zero attached hydrogens (tertiary/aromatic N) is 2. The van der Waals surface area contributed by atoms with Gasteiger partial charge >= 0.3 is 0 Å². The molecule has 1 aromatic carbocycles. The summed E-state index contributed by atoms with van der Waals surface area (Å²) >= 11 is 3.75. The molecular formula is C16H23N5S2. The molecule has 3 rings (SSSR count). The molecule has 0 amide bonds. The third-order valence-electron chi connectivity index (χ3n) is 3.73. The lowest BCUT2D eigenvalue weighted by Crippen LogP contribution is -2.41. The standard InChI is InChI=1S/C16H23N5S2/c1-17-15(20-11-12-5-4-10-22-12)18-8-9-19-16-21-13-6-2-3-7-14(13)23-16/h2-3,6-7,12H,4-5,8-11H2,1H3,(H,19,21)(H2,17,18,20). The monoisotopic (exact) mass is 349 g/mol. The van der Waals surface area contributed by atoms with Crippen LogP contribution in [0.1, 0.15) is 12.8 Å². The van der Waals surface area contributed by atoms with Crippen LogP contribution in [0.5, 0.6) is 0 Å². The minimum atomic E-state index is 0.731. The van der Waals surface area contributed by atoms with Crippen molar-refractivity contribution in [1.82, 2.24) is 15.6 Å². The van der Waals surface area contributed by atoms with Crippen LogP contribution in [0.25, 0.3) is 10.2 Å². The molecule has 2 aromatic rings. The lowest BCUT2D eigenvalue weighted by atomic mass is 10.2. The Hall–Kier alpha value is -1.47. The Morgan fingerprint density at radius 2 is 2.22 bits per heavy atom. The highest BCUT2D eigenvalue weighted by Gasteiger charge is 2.15. The van der Waals surface area contributed by atoms with Crippen molar-refractivity contribution in [3.63, 3.8) is 0 Å². The van der Waals surface area contributed by atoms with Crippen molar-refractivity contribution >= 4 is 44.4 Å². The Labute approximate surface area is 145 Å². The zero-order valence-electron chi connectivity index (χ0n) is 13.3. The Balaban J connectivity index is 1.37. The summed E-state index contributed by atoms with van der Waals surface area (Å²) in [7, 11) is 1.82. The van der Waals surface area contributed by atoms with Crippen LogP contribution in [0.3, 0.4) is 0 Å². The summed E-state index contributed by atoms with van der Waals surface area (Å²) in [6.07, 6.45) is 2.66. The van der Waals surface area contributed by atoms with Crippen LogP contribution in [-0.2, 0) is 0 Å². The van der Waals surface area contributed by atoms with Crippen LogP contribution in [-0.4, -0.2) is 48.6 Å². The van der Waals surface area contributed by atoms with Crippen LogP contribution >= 0.6 is 23.1 Å². The van der Waals surface area contributed by atoms with Crippen molar-refractivity contribution in [2.24, 2.45) is 4.99 Å². The highest BCUT2D eigenvalue weighted by molar-refractivity contribution is 8.00. The Morgan fingerprint density at radius 3 is 3.00 bits per heavy atom. The van der Waals surface area contributed by atoms with E-state index in [9.17, 15) is 0 Å². The number of rotatable bonds is 6. The van der Waals surface area contributed by atoms with Gasteiger partial charge in [0.2, 0.25) is 0 Å². The van der Waals surface area contributed by atoms with E-state index in [-0.39, 0.29) is 0 Å². The predicted molar refractivity (Wildman–Crippen MR) is 103 cm³/mol. The number of nitrogens with one attached hydrogen (secondary N) is 3. The summed E-state index contributed by atoms with van der Waals surface area (Å²) in [5, 5.41) is 11.8. The van der Waals surface area contributed by atoms with Gasteiger partial charge < -0.3 is 16.0 Å². The number of aromatic nitrogens is 1. The average molecular weight is 350 g/mol. The molecule has 1 atom stereocenters. The maximum absolute atomic E-state index is 4.57. The molecule has 2 heterocycles. The molecule has 0 saturated carbocycles. The molecule has 0 spiro atoms. The summed E-state index contributed by atoms with van der Waals surface area (Å²) in [5.74, 6) is 2.17. The van der Waals surface area contributed by atoms with Gasteiger partial charge in [-0.05, 0) is 30.7 Å². The lowest BCUT2D eigenvalue weighted by Gasteiger charge is -2.14. The van der Waals surface area contributed by atoms with Crippen molar-refractivity contribution in [2.45, 2.75) is 18.1 Å². The lowest BCUT2D eigenvalue weighted by molar-refractivity contribution is 0.727. The van der Waals surface area contributed by atoms with Gasteiger partial charge in [-0.15, -0.1) is 0 Å². The van der Waals surface area contributed by atoms with Crippen LogP contribution in [0.2, 0.25) is 0 Å². The summed E-state index contributed by atoms with van der Waals surface area (Å²) in [6.45, 7) is 2.63. The summed E-state index contributed by atoms with van der Waals surface area (Å²) in [6, 6.07) is 8.21. The maximum atomic E-state index is 4.57. The number of guanidine groups is 1. The summed E-state index contributed by atoms with van der Waals surface area (Å²) in [4.78, 5) is 8.84. The third kappa shape index (κ3) is 4.75. The molecule has 1 saturated heterocycles. The van der Waals surface area contributed by atoms with E-state index in [4.69, 9.17) is 0 Å². The Morgan fingerprint density at radius 1 is 1.30 bits per heavy atom. The molecule has 0 bridgehead atoms. The first-order valence-corrected chi connectivity index (χ1v) is 9.87. The number of benzene rings is 1. The fraction of sp³-hybridized carbons (Fsp3) is 0.500. The van der Waals surface area contributed by atoms with Gasteiger partial charge in [-0.3, -0.25) is 4.99 Å². The van der Waals surface area contributed by atoms with Crippen LogP contribution in [0, 0.1) is 0 Å². The summed E-state index contributed by atoms with van der Waals surface area (Å²) in [5.41, 5.74) is 1.06. The topological polar surface area (TPSA) is 61.3 Å². The molecule has 1 aromatic heterocycles. The fourth-order valence-electron chi connectivity index (χ4n) is 2.53. The van der Waals surface area contributed by atoms with Crippen molar-refractivity contribution < 1.29 is 0 Å². The maximum Gasteiger partial charge on any atom is 0.191 e. The molecule has 1 fully saturated rings. The summed E-state index contributed by atoms with van der Waals surface area (Å²) < 4.78 is 1.22. The molecule has 5 nitrogen and oxygen atoms in total. The number of fused-ring (bicyclic) bond motifs is 1. The van der Waals surface area contributed by atoms with Gasteiger partial charge in [-0.2, -0.15) is 11.8 Å². The van der Waals surface area contributed by atoms with Crippen molar-refractivity contribution in [3.05, 3.63) is 24.3 Å². The van der Waals surface area contributed by atoms with E-state index < -0.39 is 0 Å².